The van der Waals surface area contributed by atoms with E-state index in [1.165, 1.54) is 0 Å². The van der Waals surface area contributed by atoms with Gasteiger partial charge in [-0.1, -0.05) is 23.7 Å². The quantitative estimate of drug-likeness (QED) is 0.801. The molecule has 2 aromatic carbocycles. The molecule has 0 fully saturated rings. The molecule has 0 saturated heterocycles. The lowest BCUT2D eigenvalue weighted by atomic mass is 10.2. The predicted octanol–water partition coefficient (Wildman–Crippen LogP) is 4.33. The topological polar surface area (TPSA) is 58.2 Å². The minimum atomic E-state index is -4.45. The number of alkyl halides is 3. The van der Waals surface area contributed by atoms with Crippen molar-refractivity contribution in [2.75, 3.05) is 10.6 Å². The highest BCUT2D eigenvalue weighted by molar-refractivity contribution is 6.33. The second-order valence-electron chi connectivity index (χ2n) is 4.83. The van der Waals surface area contributed by atoms with E-state index >= 15 is 0 Å². The number of carbonyl (C=O) groups is 2. The molecule has 2 N–H and O–H groups in total. The molecule has 0 aliphatic carbocycles. The van der Waals surface area contributed by atoms with Crippen molar-refractivity contribution in [3.63, 3.8) is 0 Å². The lowest BCUT2D eigenvalue weighted by Gasteiger charge is -2.09. The Bertz CT molecular complexity index is 746. The van der Waals surface area contributed by atoms with Crippen molar-refractivity contribution in [1.82, 2.24) is 0 Å². The van der Waals surface area contributed by atoms with Gasteiger partial charge in [0.15, 0.2) is 0 Å². The number of para-hydroxylation sites is 1. The molecule has 2 aromatic rings. The van der Waals surface area contributed by atoms with Crippen LogP contribution in [0.15, 0.2) is 48.5 Å². The Hall–Kier alpha value is -2.54. The zero-order valence-electron chi connectivity index (χ0n) is 12.2. The summed E-state index contributed by atoms with van der Waals surface area (Å²) in [4.78, 5) is 23.5. The van der Waals surface area contributed by atoms with E-state index in [-0.39, 0.29) is 5.69 Å². The van der Waals surface area contributed by atoms with Gasteiger partial charge in [-0.05, 0) is 36.4 Å². The molecular formula is C16H12ClF3N2O2. The first-order chi connectivity index (χ1) is 11.3. The maximum absolute atomic E-state index is 12.4. The highest BCUT2D eigenvalue weighted by Crippen LogP contribution is 2.29. The molecule has 0 spiro atoms. The average Bonchev–Trinajstić information content (AvgIpc) is 2.49. The molecule has 126 valence electrons. The smallest absolute Gasteiger partial charge is 0.326 e. The molecule has 0 radical (unpaired) electrons. The Balaban J connectivity index is 1.91. The first-order valence-electron chi connectivity index (χ1n) is 6.77. The number of hydrogen-bond acceptors (Lipinski definition) is 2. The number of benzene rings is 2. The number of nitrogens with one attached hydrogen (secondary N) is 2. The maximum Gasteiger partial charge on any atom is 0.416 e. The predicted molar refractivity (Wildman–Crippen MR) is 84.8 cm³/mol. The van der Waals surface area contributed by atoms with E-state index in [4.69, 9.17) is 11.6 Å². The molecule has 0 bridgehead atoms. The zero-order chi connectivity index (χ0) is 17.7. The summed E-state index contributed by atoms with van der Waals surface area (Å²) in [5.74, 6) is -1.24. The summed E-state index contributed by atoms with van der Waals surface area (Å²) in [5, 5.41) is 5.15. The lowest BCUT2D eigenvalue weighted by Crippen LogP contribution is -2.21. The molecule has 2 amide bonds. The van der Waals surface area contributed by atoms with Crippen LogP contribution in [0, 0.1) is 0 Å². The Morgan fingerprint density at radius 2 is 1.50 bits per heavy atom. The summed E-state index contributed by atoms with van der Waals surface area (Å²) in [6, 6.07) is 10.4. The third-order valence-corrected chi connectivity index (χ3v) is 3.29. The minimum absolute atomic E-state index is 0.165. The summed E-state index contributed by atoms with van der Waals surface area (Å²) in [7, 11) is 0. The third kappa shape index (κ3) is 4.99. The molecule has 0 atom stereocenters. The van der Waals surface area contributed by atoms with Crippen LogP contribution in [0.2, 0.25) is 5.02 Å². The van der Waals surface area contributed by atoms with Crippen molar-refractivity contribution >= 4 is 34.8 Å². The van der Waals surface area contributed by atoms with Crippen LogP contribution in [0.4, 0.5) is 24.5 Å². The summed E-state index contributed by atoms with van der Waals surface area (Å²) in [5.41, 5.74) is -0.290. The van der Waals surface area contributed by atoms with Gasteiger partial charge in [-0.2, -0.15) is 13.2 Å². The van der Waals surface area contributed by atoms with Crippen molar-refractivity contribution in [3.8, 4) is 0 Å². The minimum Gasteiger partial charge on any atom is -0.326 e. The van der Waals surface area contributed by atoms with Gasteiger partial charge in [0.25, 0.3) is 0 Å². The first kappa shape index (κ1) is 17.8. The number of hydrogen-bond donors (Lipinski definition) is 2. The van der Waals surface area contributed by atoms with Crippen molar-refractivity contribution < 1.29 is 22.8 Å². The van der Waals surface area contributed by atoms with Gasteiger partial charge in [0, 0.05) is 5.69 Å². The van der Waals surface area contributed by atoms with Crippen LogP contribution in [-0.4, -0.2) is 11.8 Å². The van der Waals surface area contributed by atoms with Crippen molar-refractivity contribution in [2.24, 2.45) is 0 Å². The fourth-order valence-corrected chi connectivity index (χ4v) is 2.03. The number of rotatable bonds is 4. The molecule has 8 heteroatoms. The third-order valence-electron chi connectivity index (χ3n) is 2.97. The molecule has 0 unspecified atom stereocenters. The zero-order valence-corrected chi connectivity index (χ0v) is 12.9. The fraction of sp³-hybridized carbons (Fsp3) is 0.125. The highest BCUT2D eigenvalue weighted by atomic mass is 35.5. The van der Waals surface area contributed by atoms with E-state index in [9.17, 15) is 22.8 Å². The van der Waals surface area contributed by atoms with Crippen molar-refractivity contribution in [2.45, 2.75) is 12.6 Å². The second-order valence-corrected chi connectivity index (χ2v) is 5.24. The first-order valence-corrected chi connectivity index (χ1v) is 7.15. The Kier molecular flexibility index (Phi) is 5.46. The lowest BCUT2D eigenvalue weighted by molar-refractivity contribution is -0.137. The van der Waals surface area contributed by atoms with E-state index in [0.717, 1.165) is 24.3 Å². The van der Waals surface area contributed by atoms with E-state index in [1.807, 2.05) is 0 Å². The molecule has 24 heavy (non-hydrogen) atoms. The van der Waals surface area contributed by atoms with Crippen LogP contribution >= 0.6 is 11.6 Å². The van der Waals surface area contributed by atoms with Crippen LogP contribution in [0.1, 0.15) is 12.0 Å². The number of anilines is 2. The molecule has 0 heterocycles. The summed E-state index contributed by atoms with van der Waals surface area (Å²) >= 11 is 5.88. The molecular weight excluding hydrogens is 345 g/mol. The number of amides is 2. The number of carbonyl (C=O) groups excluding carboxylic acids is 2. The van der Waals surface area contributed by atoms with Gasteiger partial charge < -0.3 is 10.6 Å². The average molecular weight is 357 g/mol. The fourth-order valence-electron chi connectivity index (χ4n) is 1.85. The van der Waals surface area contributed by atoms with Crippen molar-refractivity contribution in [3.05, 3.63) is 59.1 Å². The molecule has 0 aliphatic heterocycles. The van der Waals surface area contributed by atoms with Gasteiger partial charge in [-0.3, -0.25) is 9.59 Å². The standard InChI is InChI=1S/C16H12ClF3N2O2/c17-12-3-1-2-4-13(12)22-15(24)9-14(23)21-11-7-5-10(6-8-11)16(18,19)20/h1-8H,9H2,(H,21,23)(H,22,24). The van der Waals surface area contributed by atoms with Crippen molar-refractivity contribution in [1.29, 1.82) is 0 Å². The van der Waals surface area contributed by atoms with Crippen LogP contribution in [0.5, 0.6) is 0 Å². The van der Waals surface area contributed by atoms with Crippen LogP contribution < -0.4 is 10.6 Å². The highest BCUT2D eigenvalue weighted by Gasteiger charge is 2.30. The van der Waals surface area contributed by atoms with Gasteiger partial charge >= 0.3 is 6.18 Å². The van der Waals surface area contributed by atoms with E-state index < -0.39 is 30.0 Å². The maximum atomic E-state index is 12.4. The summed E-state index contributed by atoms with van der Waals surface area (Å²) in [6.07, 6.45) is -4.94. The monoisotopic (exact) mass is 356 g/mol. The Morgan fingerprint density at radius 1 is 0.917 bits per heavy atom. The van der Waals surface area contributed by atoms with E-state index in [1.54, 1.807) is 24.3 Å². The van der Waals surface area contributed by atoms with E-state index in [2.05, 4.69) is 10.6 Å². The molecule has 0 saturated carbocycles. The number of halogens is 4. The molecule has 0 aliphatic rings. The Morgan fingerprint density at radius 3 is 2.08 bits per heavy atom. The van der Waals surface area contributed by atoms with Gasteiger partial charge in [-0.15, -0.1) is 0 Å². The molecule has 4 nitrogen and oxygen atoms in total. The summed E-state index contributed by atoms with van der Waals surface area (Å²) < 4.78 is 37.3. The Labute approximate surface area is 140 Å². The van der Waals surface area contributed by atoms with Crippen LogP contribution in [0.25, 0.3) is 0 Å². The molecule has 0 aromatic heterocycles. The van der Waals surface area contributed by atoms with Gasteiger partial charge in [0.2, 0.25) is 11.8 Å². The van der Waals surface area contributed by atoms with Crippen LogP contribution in [0.3, 0.4) is 0 Å². The SMILES string of the molecule is O=C(CC(=O)Nc1ccccc1Cl)Nc1ccc(C(F)(F)F)cc1. The molecule has 2 rings (SSSR count). The summed E-state index contributed by atoms with van der Waals surface area (Å²) in [6.45, 7) is 0. The second kappa shape index (κ2) is 7.35. The largest absolute Gasteiger partial charge is 0.416 e. The van der Waals surface area contributed by atoms with Gasteiger partial charge in [0.1, 0.15) is 6.42 Å². The van der Waals surface area contributed by atoms with Crippen LogP contribution in [-0.2, 0) is 15.8 Å². The van der Waals surface area contributed by atoms with Gasteiger partial charge in [0.05, 0.1) is 16.3 Å². The normalized spacial score (nSPS) is 11.0. The van der Waals surface area contributed by atoms with Gasteiger partial charge in [-0.25, -0.2) is 0 Å². The van der Waals surface area contributed by atoms with E-state index in [0.29, 0.717) is 10.7 Å².